The Morgan fingerprint density at radius 2 is 1.95 bits per heavy atom. The Hall–Kier alpha value is -2.20. The maximum absolute atomic E-state index is 12.1. The van der Waals surface area contributed by atoms with Crippen LogP contribution in [0.3, 0.4) is 0 Å². The van der Waals surface area contributed by atoms with Crippen molar-refractivity contribution in [3.8, 4) is 0 Å². The van der Waals surface area contributed by atoms with Crippen molar-refractivity contribution < 1.29 is 9.90 Å². The van der Waals surface area contributed by atoms with Crippen LogP contribution in [0.1, 0.15) is 27.8 Å². The highest BCUT2D eigenvalue weighted by Crippen LogP contribution is 2.12. The Bertz CT molecular complexity index is 555. The number of hydrogen-bond acceptors (Lipinski definition) is 3. The Kier molecular flexibility index (Phi) is 4.26. The minimum Gasteiger partial charge on any atom is -0.394 e. The van der Waals surface area contributed by atoms with Crippen LogP contribution in [-0.2, 0) is 0 Å². The molecule has 4 heteroatoms. The molecule has 0 fully saturated rings. The zero-order valence-electron chi connectivity index (χ0n) is 10.7. The Morgan fingerprint density at radius 1 is 1.21 bits per heavy atom. The first-order chi connectivity index (χ1) is 9.20. The number of aliphatic hydroxyl groups excluding tert-OH is 1. The van der Waals surface area contributed by atoms with Gasteiger partial charge in [0.15, 0.2) is 0 Å². The SMILES string of the molecule is Cc1cccc(C(=O)N[C@@H](CO)c2ccccc2)n1. The van der Waals surface area contributed by atoms with Crippen LogP contribution in [-0.4, -0.2) is 22.6 Å². The molecule has 0 saturated heterocycles. The number of aliphatic hydroxyl groups is 1. The molecule has 1 aromatic carbocycles. The van der Waals surface area contributed by atoms with E-state index < -0.39 is 6.04 Å². The Balaban J connectivity index is 2.13. The summed E-state index contributed by atoms with van der Waals surface area (Å²) in [7, 11) is 0. The predicted octanol–water partition coefficient (Wildman–Crippen LogP) is 1.85. The number of aryl methyl sites for hydroxylation is 1. The van der Waals surface area contributed by atoms with Crippen molar-refractivity contribution in [3.63, 3.8) is 0 Å². The molecule has 4 nitrogen and oxygen atoms in total. The second kappa shape index (κ2) is 6.11. The monoisotopic (exact) mass is 256 g/mol. The van der Waals surface area contributed by atoms with E-state index in [1.54, 1.807) is 12.1 Å². The minimum atomic E-state index is -0.420. The highest BCUT2D eigenvalue weighted by Gasteiger charge is 2.15. The normalized spacial score (nSPS) is 11.9. The number of carbonyl (C=O) groups is 1. The van der Waals surface area contributed by atoms with Crippen LogP contribution in [0.2, 0.25) is 0 Å². The summed E-state index contributed by atoms with van der Waals surface area (Å²) in [5.74, 6) is -0.286. The van der Waals surface area contributed by atoms with Gasteiger partial charge in [0.25, 0.3) is 5.91 Å². The Labute approximate surface area is 112 Å². The van der Waals surface area contributed by atoms with Gasteiger partial charge in [-0.1, -0.05) is 36.4 Å². The molecule has 19 heavy (non-hydrogen) atoms. The number of nitrogens with zero attached hydrogens (tertiary/aromatic N) is 1. The molecule has 0 bridgehead atoms. The fourth-order valence-electron chi connectivity index (χ4n) is 1.82. The van der Waals surface area contributed by atoms with Gasteiger partial charge >= 0.3 is 0 Å². The van der Waals surface area contributed by atoms with E-state index in [1.807, 2.05) is 43.3 Å². The molecular weight excluding hydrogens is 240 g/mol. The molecule has 1 atom stereocenters. The highest BCUT2D eigenvalue weighted by atomic mass is 16.3. The van der Waals surface area contributed by atoms with E-state index in [0.717, 1.165) is 11.3 Å². The molecule has 98 valence electrons. The zero-order chi connectivity index (χ0) is 13.7. The molecule has 1 heterocycles. The van der Waals surface area contributed by atoms with Gasteiger partial charge in [0.2, 0.25) is 0 Å². The molecule has 2 rings (SSSR count). The van der Waals surface area contributed by atoms with Crippen molar-refractivity contribution in [2.45, 2.75) is 13.0 Å². The molecule has 0 unspecified atom stereocenters. The molecule has 0 spiro atoms. The van der Waals surface area contributed by atoms with E-state index in [-0.39, 0.29) is 12.5 Å². The summed E-state index contributed by atoms with van der Waals surface area (Å²) in [5, 5.41) is 12.2. The van der Waals surface area contributed by atoms with E-state index in [4.69, 9.17) is 0 Å². The molecule has 0 aliphatic heterocycles. The summed E-state index contributed by atoms with van der Waals surface area (Å²) in [6.07, 6.45) is 0. The summed E-state index contributed by atoms with van der Waals surface area (Å²) in [6.45, 7) is 1.68. The van der Waals surface area contributed by atoms with Crippen LogP contribution in [0.25, 0.3) is 0 Å². The predicted molar refractivity (Wildman–Crippen MR) is 72.7 cm³/mol. The van der Waals surface area contributed by atoms with E-state index in [0.29, 0.717) is 5.69 Å². The van der Waals surface area contributed by atoms with Crippen LogP contribution >= 0.6 is 0 Å². The van der Waals surface area contributed by atoms with E-state index in [2.05, 4.69) is 10.3 Å². The topological polar surface area (TPSA) is 62.2 Å². The number of nitrogens with one attached hydrogen (secondary N) is 1. The summed E-state index contributed by atoms with van der Waals surface area (Å²) in [6, 6.07) is 14.2. The van der Waals surface area contributed by atoms with Crippen LogP contribution in [0.5, 0.6) is 0 Å². The summed E-state index contributed by atoms with van der Waals surface area (Å²) >= 11 is 0. The standard InChI is InChI=1S/C15H16N2O2/c1-11-6-5-9-13(16-11)15(19)17-14(10-18)12-7-3-2-4-8-12/h2-9,14,18H,10H2,1H3,(H,17,19)/t14-/m0/s1. The van der Waals surface area contributed by atoms with Gasteiger partial charge in [-0.3, -0.25) is 4.79 Å². The van der Waals surface area contributed by atoms with Gasteiger partial charge in [0.05, 0.1) is 12.6 Å². The van der Waals surface area contributed by atoms with Gasteiger partial charge in [0, 0.05) is 5.69 Å². The second-order valence-corrected chi connectivity index (χ2v) is 4.28. The maximum atomic E-state index is 12.1. The lowest BCUT2D eigenvalue weighted by atomic mass is 10.1. The molecule has 2 N–H and O–H groups in total. The largest absolute Gasteiger partial charge is 0.394 e. The number of amides is 1. The van der Waals surface area contributed by atoms with Gasteiger partial charge in [-0.05, 0) is 24.6 Å². The molecule has 0 aliphatic carbocycles. The van der Waals surface area contributed by atoms with Crippen LogP contribution in [0.15, 0.2) is 48.5 Å². The lowest BCUT2D eigenvalue weighted by Gasteiger charge is -2.16. The van der Waals surface area contributed by atoms with Crippen LogP contribution < -0.4 is 5.32 Å². The average molecular weight is 256 g/mol. The van der Waals surface area contributed by atoms with Crippen molar-refractivity contribution in [1.29, 1.82) is 0 Å². The number of rotatable bonds is 4. The number of pyridine rings is 1. The number of aromatic nitrogens is 1. The molecular formula is C15H16N2O2. The van der Waals surface area contributed by atoms with Gasteiger partial charge in [-0.2, -0.15) is 0 Å². The van der Waals surface area contributed by atoms with Crippen molar-refractivity contribution >= 4 is 5.91 Å². The molecule has 1 amide bonds. The third-order valence-corrected chi connectivity index (χ3v) is 2.81. The number of benzene rings is 1. The fraction of sp³-hybridized carbons (Fsp3) is 0.200. The minimum absolute atomic E-state index is 0.151. The van der Waals surface area contributed by atoms with E-state index in [1.165, 1.54) is 0 Å². The molecule has 2 aromatic rings. The second-order valence-electron chi connectivity index (χ2n) is 4.28. The van der Waals surface area contributed by atoms with Crippen LogP contribution in [0, 0.1) is 6.92 Å². The maximum Gasteiger partial charge on any atom is 0.270 e. The first kappa shape index (κ1) is 13.2. The third-order valence-electron chi connectivity index (χ3n) is 2.81. The molecule has 0 saturated carbocycles. The van der Waals surface area contributed by atoms with Crippen molar-refractivity contribution in [3.05, 3.63) is 65.5 Å². The average Bonchev–Trinajstić information content (AvgIpc) is 2.45. The summed E-state index contributed by atoms with van der Waals surface area (Å²) < 4.78 is 0. The van der Waals surface area contributed by atoms with Gasteiger partial charge < -0.3 is 10.4 Å². The molecule has 1 aromatic heterocycles. The molecule has 0 radical (unpaired) electrons. The summed E-state index contributed by atoms with van der Waals surface area (Å²) in [4.78, 5) is 16.2. The van der Waals surface area contributed by atoms with Gasteiger partial charge in [-0.25, -0.2) is 4.98 Å². The van der Waals surface area contributed by atoms with Gasteiger partial charge in [-0.15, -0.1) is 0 Å². The smallest absolute Gasteiger partial charge is 0.270 e. The lowest BCUT2D eigenvalue weighted by molar-refractivity contribution is 0.0911. The highest BCUT2D eigenvalue weighted by molar-refractivity contribution is 5.92. The van der Waals surface area contributed by atoms with Crippen LogP contribution in [0.4, 0.5) is 0 Å². The Morgan fingerprint density at radius 3 is 2.58 bits per heavy atom. The number of carbonyl (C=O) groups excluding carboxylic acids is 1. The molecule has 0 aliphatic rings. The van der Waals surface area contributed by atoms with E-state index in [9.17, 15) is 9.90 Å². The lowest BCUT2D eigenvalue weighted by Crippen LogP contribution is -2.31. The zero-order valence-corrected chi connectivity index (χ0v) is 10.7. The summed E-state index contributed by atoms with van der Waals surface area (Å²) in [5.41, 5.74) is 2.01. The van der Waals surface area contributed by atoms with Crippen molar-refractivity contribution in [1.82, 2.24) is 10.3 Å². The number of hydrogen-bond donors (Lipinski definition) is 2. The van der Waals surface area contributed by atoms with Crippen molar-refractivity contribution in [2.75, 3.05) is 6.61 Å². The quantitative estimate of drug-likeness (QED) is 0.877. The van der Waals surface area contributed by atoms with Crippen molar-refractivity contribution in [2.24, 2.45) is 0 Å². The first-order valence-corrected chi connectivity index (χ1v) is 6.11. The third kappa shape index (κ3) is 3.39. The fourth-order valence-corrected chi connectivity index (χ4v) is 1.82. The van der Waals surface area contributed by atoms with E-state index >= 15 is 0 Å². The van der Waals surface area contributed by atoms with Gasteiger partial charge in [0.1, 0.15) is 5.69 Å². The first-order valence-electron chi connectivity index (χ1n) is 6.11.